The van der Waals surface area contributed by atoms with E-state index in [2.05, 4.69) is 18.8 Å². The Labute approximate surface area is 62.8 Å². The fourth-order valence-corrected chi connectivity index (χ4v) is 0.541. The number of ketones is 1. The van der Waals surface area contributed by atoms with E-state index < -0.39 is 0 Å². The normalized spacial score (nSPS) is 8.20. The van der Waals surface area contributed by atoms with E-state index in [0.29, 0.717) is 6.42 Å². The Morgan fingerprint density at radius 2 is 2.10 bits per heavy atom. The molecule has 0 heterocycles. The molecule has 0 aromatic heterocycles. The number of hydrogen-bond acceptors (Lipinski definition) is 1. The van der Waals surface area contributed by atoms with E-state index in [-0.39, 0.29) is 5.78 Å². The average Bonchev–Trinajstić information content (AvgIpc) is 1.87. The van der Waals surface area contributed by atoms with E-state index in [9.17, 15) is 4.79 Å². The molecular formula is C9H14O. The Bertz CT molecular complexity index is 148. The molecule has 0 spiro atoms. The highest BCUT2D eigenvalue weighted by atomic mass is 16.1. The lowest BCUT2D eigenvalue weighted by Gasteiger charge is -1.83. The third-order valence-electron chi connectivity index (χ3n) is 1.12. The zero-order chi connectivity index (χ0) is 7.82. The first-order chi connectivity index (χ1) is 4.77. The van der Waals surface area contributed by atoms with Gasteiger partial charge in [-0.3, -0.25) is 4.79 Å². The minimum atomic E-state index is 0.156. The van der Waals surface area contributed by atoms with Gasteiger partial charge in [0.2, 0.25) is 0 Å². The van der Waals surface area contributed by atoms with Gasteiger partial charge in [0, 0.05) is 6.42 Å². The highest BCUT2D eigenvalue weighted by Gasteiger charge is 1.83. The van der Waals surface area contributed by atoms with Crippen LogP contribution in [0.5, 0.6) is 0 Å². The summed E-state index contributed by atoms with van der Waals surface area (Å²) >= 11 is 0. The molecule has 10 heavy (non-hydrogen) atoms. The van der Waals surface area contributed by atoms with Crippen molar-refractivity contribution in [2.24, 2.45) is 0 Å². The second kappa shape index (κ2) is 6.35. The van der Waals surface area contributed by atoms with Gasteiger partial charge in [0.15, 0.2) is 0 Å². The van der Waals surface area contributed by atoms with Gasteiger partial charge < -0.3 is 0 Å². The number of carbonyl (C=O) groups excluding carboxylic acids is 1. The van der Waals surface area contributed by atoms with Gasteiger partial charge in [-0.2, -0.15) is 0 Å². The fraction of sp³-hybridized carbons (Fsp3) is 0.667. The van der Waals surface area contributed by atoms with Crippen LogP contribution in [0.2, 0.25) is 0 Å². The SMILES string of the molecule is CCCCC#CCC(C)=O. The van der Waals surface area contributed by atoms with Gasteiger partial charge in [0.05, 0.1) is 6.42 Å². The van der Waals surface area contributed by atoms with Gasteiger partial charge in [0.1, 0.15) is 5.78 Å². The Balaban J connectivity index is 3.23. The zero-order valence-corrected chi connectivity index (χ0v) is 6.74. The molecule has 0 atom stereocenters. The first-order valence-corrected chi connectivity index (χ1v) is 3.72. The van der Waals surface area contributed by atoms with Crippen LogP contribution >= 0.6 is 0 Å². The maximum absolute atomic E-state index is 10.4. The second-order valence-corrected chi connectivity index (χ2v) is 2.34. The fourth-order valence-electron chi connectivity index (χ4n) is 0.541. The summed E-state index contributed by atoms with van der Waals surface area (Å²) < 4.78 is 0. The number of Topliss-reactive ketones (excluding diaryl/α,β-unsaturated/α-hetero) is 1. The topological polar surface area (TPSA) is 17.1 Å². The lowest BCUT2D eigenvalue weighted by atomic mass is 10.2. The Kier molecular flexibility index (Phi) is 5.86. The van der Waals surface area contributed by atoms with Crippen LogP contribution in [0.25, 0.3) is 0 Å². The van der Waals surface area contributed by atoms with E-state index in [1.54, 1.807) is 6.92 Å². The van der Waals surface area contributed by atoms with Gasteiger partial charge in [-0.25, -0.2) is 0 Å². The number of unbranched alkanes of at least 4 members (excludes halogenated alkanes) is 2. The van der Waals surface area contributed by atoms with E-state index in [1.165, 1.54) is 6.42 Å². The predicted octanol–water partition coefficient (Wildman–Crippen LogP) is 2.16. The van der Waals surface area contributed by atoms with Crippen molar-refractivity contribution in [3.63, 3.8) is 0 Å². The smallest absolute Gasteiger partial charge is 0.141 e. The summed E-state index contributed by atoms with van der Waals surface area (Å²) in [6.45, 7) is 3.70. The van der Waals surface area contributed by atoms with Gasteiger partial charge in [0.25, 0.3) is 0 Å². The molecule has 0 aliphatic heterocycles. The van der Waals surface area contributed by atoms with Crippen LogP contribution in [0.1, 0.15) is 39.5 Å². The summed E-state index contributed by atoms with van der Waals surface area (Å²) in [7, 11) is 0. The molecule has 0 saturated carbocycles. The molecule has 0 radical (unpaired) electrons. The Morgan fingerprint density at radius 3 is 2.60 bits per heavy atom. The van der Waals surface area contributed by atoms with Crippen LogP contribution in [0, 0.1) is 11.8 Å². The van der Waals surface area contributed by atoms with Crippen LogP contribution < -0.4 is 0 Å². The molecule has 1 heteroatoms. The van der Waals surface area contributed by atoms with Crippen molar-refractivity contribution >= 4 is 5.78 Å². The summed E-state index contributed by atoms with van der Waals surface area (Å²) in [4.78, 5) is 10.4. The van der Waals surface area contributed by atoms with Crippen molar-refractivity contribution in [3.8, 4) is 11.8 Å². The molecule has 0 aromatic rings. The van der Waals surface area contributed by atoms with Gasteiger partial charge in [-0.15, -0.1) is 5.92 Å². The molecule has 56 valence electrons. The van der Waals surface area contributed by atoms with Crippen molar-refractivity contribution < 1.29 is 4.79 Å². The van der Waals surface area contributed by atoms with Crippen molar-refractivity contribution in [1.82, 2.24) is 0 Å². The number of rotatable bonds is 3. The van der Waals surface area contributed by atoms with Crippen molar-refractivity contribution in [1.29, 1.82) is 0 Å². The zero-order valence-electron chi connectivity index (χ0n) is 6.74. The summed E-state index contributed by atoms with van der Waals surface area (Å²) in [6, 6.07) is 0. The summed E-state index contributed by atoms with van der Waals surface area (Å²) in [6.07, 6.45) is 3.67. The molecule has 0 aliphatic rings. The molecule has 1 nitrogen and oxygen atoms in total. The monoisotopic (exact) mass is 138 g/mol. The highest BCUT2D eigenvalue weighted by molar-refractivity contribution is 5.77. The first kappa shape index (κ1) is 9.23. The third-order valence-corrected chi connectivity index (χ3v) is 1.12. The first-order valence-electron chi connectivity index (χ1n) is 3.72. The lowest BCUT2D eigenvalue weighted by molar-refractivity contribution is -0.116. The summed E-state index contributed by atoms with van der Waals surface area (Å²) in [5.74, 6) is 5.92. The summed E-state index contributed by atoms with van der Waals surface area (Å²) in [5, 5.41) is 0. The minimum Gasteiger partial charge on any atom is -0.299 e. The van der Waals surface area contributed by atoms with Crippen LogP contribution in [0.15, 0.2) is 0 Å². The second-order valence-electron chi connectivity index (χ2n) is 2.34. The molecule has 0 aromatic carbocycles. The molecule has 0 unspecified atom stereocenters. The van der Waals surface area contributed by atoms with Crippen LogP contribution in [0.3, 0.4) is 0 Å². The van der Waals surface area contributed by atoms with Gasteiger partial charge in [-0.1, -0.05) is 19.3 Å². The summed E-state index contributed by atoms with van der Waals surface area (Å²) in [5.41, 5.74) is 0. The van der Waals surface area contributed by atoms with Gasteiger partial charge in [-0.05, 0) is 13.3 Å². The molecule has 0 bridgehead atoms. The van der Waals surface area contributed by atoms with Gasteiger partial charge >= 0.3 is 0 Å². The van der Waals surface area contributed by atoms with E-state index in [0.717, 1.165) is 12.8 Å². The molecule has 0 N–H and O–H groups in total. The predicted molar refractivity (Wildman–Crippen MR) is 42.6 cm³/mol. The average molecular weight is 138 g/mol. The minimum absolute atomic E-state index is 0.156. The van der Waals surface area contributed by atoms with Crippen molar-refractivity contribution in [2.75, 3.05) is 0 Å². The maximum Gasteiger partial charge on any atom is 0.141 e. The standard InChI is InChI=1S/C9H14O/c1-3-4-5-6-7-8-9(2)10/h3-5,8H2,1-2H3. The van der Waals surface area contributed by atoms with E-state index >= 15 is 0 Å². The van der Waals surface area contributed by atoms with Crippen LogP contribution in [-0.4, -0.2) is 5.78 Å². The highest BCUT2D eigenvalue weighted by Crippen LogP contribution is 1.90. The molecule has 0 fully saturated rings. The van der Waals surface area contributed by atoms with E-state index in [4.69, 9.17) is 0 Å². The van der Waals surface area contributed by atoms with Crippen LogP contribution in [-0.2, 0) is 4.79 Å². The van der Waals surface area contributed by atoms with Crippen molar-refractivity contribution in [2.45, 2.75) is 39.5 Å². The Hall–Kier alpha value is -0.770. The lowest BCUT2D eigenvalue weighted by Crippen LogP contribution is -1.84. The largest absolute Gasteiger partial charge is 0.299 e. The molecular weight excluding hydrogens is 124 g/mol. The maximum atomic E-state index is 10.4. The Morgan fingerprint density at radius 1 is 1.40 bits per heavy atom. The third kappa shape index (κ3) is 7.23. The van der Waals surface area contributed by atoms with E-state index in [1.807, 2.05) is 0 Å². The molecule has 0 aliphatic carbocycles. The molecule has 0 saturated heterocycles. The molecule has 0 amide bonds. The molecule has 0 rings (SSSR count). The van der Waals surface area contributed by atoms with Crippen LogP contribution in [0.4, 0.5) is 0 Å². The number of hydrogen-bond donors (Lipinski definition) is 0. The number of carbonyl (C=O) groups is 1. The quantitative estimate of drug-likeness (QED) is 0.431. The van der Waals surface area contributed by atoms with Crippen molar-refractivity contribution in [3.05, 3.63) is 0 Å².